The van der Waals surface area contributed by atoms with E-state index < -0.39 is 0 Å². The molecule has 0 heterocycles. The summed E-state index contributed by atoms with van der Waals surface area (Å²) in [6, 6.07) is 0. The van der Waals surface area contributed by atoms with E-state index in [9.17, 15) is 0 Å². The van der Waals surface area contributed by atoms with Gasteiger partial charge in [0.05, 0.1) is 0 Å². The minimum absolute atomic E-state index is 1.24. The van der Waals surface area contributed by atoms with Crippen molar-refractivity contribution in [3.05, 3.63) is 36.5 Å². The zero-order chi connectivity index (χ0) is 7.78. The van der Waals surface area contributed by atoms with Gasteiger partial charge in [0.25, 0.3) is 0 Å². The first-order chi connectivity index (χ1) is 5.50. The SMILES string of the molecule is C1=C\CCCCC/C=C/C=C/1. The molecule has 0 radical (unpaired) electrons. The molecule has 1 aliphatic carbocycles. The van der Waals surface area contributed by atoms with Gasteiger partial charge in [-0.2, -0.15) is 0 Å². The fourth-order valence-electron chi connectivity index (χ4n) is 1.18. The molecule has 1 rings (SSSR count). The second-order valence-electron chi connectivity index (χ2n) is 2.88. The Morgan fingerprint density at radius 3 is 1.64 bits per heavy atom. The third kappa shape index (κ3) is 4.60. The van der Waals surface area contributed by atoms with Crippen molar-refractivity contribution in [1.29, 1.82) is 0 Å². The Morgan fingerprint density at radius 1 is 0.545 bits per heavy atom. The lowest BCUT2D eigenvalue weighted by molar-refractivity contribution is 0.696. The lowest BCUT2D eigenvalue weighted by Crippen LogP contribution is -1.73. The summed E-state index contributed by atoms with van der Waals surface area (Å²) in [6.45, 7) is 0. The predicted octanol–water partition coefficient (Wildman–Crippen LogP) is 3.62. The summed E-state index contributed by atoms with van der Waals surface area (Å²) >= 11 is 0. The highest BCUT2D eigenvalue weighted by atomic mass is 13.9. The Hall–Kier alpha value is -0.780. The van der Waals surface area contributed by atoms with Gasteiger partial charge in [-0.1, -0.05) is 42.9 Å². The van der Waals surface area contributed by atoms with Gasteiger partial charge in [-0.15, -0.1) is 0 Å². The zero-order valence-electron chi connectivity index (χ0n) is 7.00. The largest absolute Gasteiger partial charge is 0.0845 e. The molecule has 0 aromatic carbocycles. The molecule has 0 aliphatic heterocycles. The number of hydrogen-bond acceptors (Lipinski definition) is 0. The average Bonchev–Trinajstić information content (AvgIpc) is 2.08. The first kappa shape index (κ1) is 8.32. The predicted molar refractivity (Wildman–Crippen MR) is 50.5 cm³/mol. The third-order valence-corrected chi connectivity index (χ3v) is 1.85. The van der Waals surface area contributed by atoms with Gasteiger partial charge in [-0.05, 0) is 25.7 Å². The Balaban J connectivity index is 2.36. The Morgan fingerprint density at radius 2 is 1.09 bits per heavy atom. The Kier molecular flexibility index (Phi) is 4.51. The van der Waals surface area contributed by atoms with Crippen LogP contribution in [0, 0.1) is 0 Å². The summed E-state index contributed by atoms with van der Waals surface area (Å²) in [5, 5.41) is 0. The molecule has 0 amide bonds. The van der Waals surface area contributed by atoms with Crippen molar-refractivity contribution in [1.82, 2.24) is 0 Å². The van der Waals surface area contributed by atoms with Crippen LogP contribution in [0.5, 0.6) is 0 Å². The van der Waals surface area contributed by atoms with Gasteiger partial charge in [0.2, 0.25) is 0 Å². The van der Waals surface area contributed by atoms with Gasteiger partial charge in [-0.25, -0.2) is 0 Å². The van der Waals surface area contributed by atoms with Gasteiger partial charge < -0.3 is 0 Å². The Labute approximate surface area is 69.3 Å². The maximum Gasteiger partial charge on any atom is -0.0348 e. The first-order valence-electron chi connectivity index (χ1n) is 4.48. The molecule has 0 aromatic heterocycles. The molecule has 0 nitrogen and oxygen atoms in total. The molecule has 0 saturated heterocycles. The van der Waals surface area contributed by atoms with Crippen LogP contribution in [0.2, 0.25) is 0 Å². The van der Waals surface area contributed by atoms with E-state index in [1.54, 1.807) is 0 Å². The monoisotopic (exact) mass is 148 g/mol. The molecule has 0 aromatic rings. The van der Waals surface area contributed by atoms with Crippen molar-refractivity contribution in [2.45, 2.75) is 32.1 Å². The molecular formula is C11H16. The molecular weight excluding hydrogens is 132 g/mol. The summed E-state index contributed by atoms with van der Waals surface area (Å²) in [5.41, 5.74) is 0. The number of rotatable bonds is 0. The fourth-order valence-corrected chi connectivity index (χ4v) is 1.18. The van der Waals surface area contributed by atoms with E-state index in [4.69, 9.17) is 0 Å². The van der Waals surface area contributed by atoms with Crippen LogP contribution >= 0.6 is 0 Å². The van der Waals surface area contributed by atoms with E-state index in [0.29, 0.717) is 0 Å². The highest BCUT2D eigenvalue weighted by Crippen LogP contribution is 2.05. The average molecular weight is 148 g/mol. The van der Waals surface area contributed by atoms with E-state index in [1.165, 1.54) is 32.1 Å². The van der Waals surface area contributed by atoms with Gasteiger partial charge in [0.15, 0.2) is 0 Å². The van der Waals surface area contributed by atoms with Crippen LogP contribution in [-0.4, -0.2) is 0 Å². The summed E-state index contributed by atoms with van der Waals surface area (Å²) < 4.78 is 0. The van der Waals surface area contributed by atoms with E-state index in [0.717, 1.165) is 0 Å². The molecule has 0 atom stereocenters. The highest BCUT2D eigenvalue weighted by Gasteiger charge is 1.85. The van der Waals surface area contributed by atoms with Crippen LogP contribution in [0.1, 0.15) is 32.1 Å². The second kappa shape index (κ2) is 5.96. The van der Waals surface area contributed by atoms with E-state index in [2.05, 4.69) is 36.5 Å². The molecule has 0 saturated carbocycles. The molecule has 0 unspecified atom stereocenters. The van der Waals surface area contributed by atoms with Gasteiger partial charge in [0.1, 0.15) is 0 Å². The molecule has 0 heteroatoms. The van der Waals surface area contributed by atoms with Crippen LogP contribution < -0.4 is 0 Å². The Bertz CT molecular complexity index is 143. The smallest absolute Gasteiger partial charge is 0.0348 e. The minimum Gasteiger partial charge on any atom is -0.0845 e. The number of allylic oxidation sites excluding steroid dienone is 6. The maximum absolute atomic E-state index is 2.25. The van der Waals surface area contributed by atoms with E-state index in [-0.39, 0.29) is 0 Å². The van der Waals surface area contributed by atoms with Gasteiger partial charge in [-0.3, -0.25) is 0 Å². The van der Waals surface area contributed by atoms with Crippen LogP contribution in [0.3, 0.4) is 0 Å². The molecule has 0 spiro atoms. The fraction of sp³-hybridized carbons (Fsp3) is 0.455. The molecule has 1 aliphatic rings. The third-order valence-electron chi connectivity index (χ3n) is 1.85. The van der Waals surface area contributed by atoms with Crippen LogP contribution in [0.25, 0.3) is 0 Å². The molecule has 11 heavy (non-hydrogen) atoms. The lowest BCUT2D eigenvalue weighted by atomic mass is 10.1. The van der Waals surface area contributed by atoms with Gasteiger partial charge >= 0.3 is 0 Å². The normalized spacial score (nSPS) is 28.4. The maximum atomic E-state index is 2.25. The van der Waals surface area contributed by atoms with Crippen molar-refractivity contribution < 1.29 is 0 Å². The van der Waals surface area contributed by atoms with Crippen molar-refractivity contribution in [3.63, 3.8) is 0 Å². The summed E-state index contributed by atoms with van der Waals surface area (Å²) in [6.07, 6.45) is 19.5. The topological polar surface area (TPSA) is 0 Å². The van der Waals surface area contributed by atoms with Gasteiger partial charge in [0, 0.05) is 0 Å². The van der Waals surface area contributed by atoms with Crippen LogP contribution in [0.4, 0.5) is 0 Å². The quantitative estimate of drug-likeness (QED) is 0.492. The van der Waals surface area contributed by atoms with Crippen molar-refractivity contribution in [3.8, 4) is 0 Å². The standard InChI is InChI=1S/C11H16/c1-2-4-6-8-10-11-9-7-5-3-1/h1-6H,7-11H2/b2-1+,5-3-,6-4+. The summed E-state index contributed by atoms with van der Waals surface area (Å²) in [7, 11) is 0. The van der Waals surface area contributed by atoms with E-state index >= 15 is 0 Å². The minimum atomic E-state index is 1.24. The van der Waals surface area contributed by atoms with E-state index in [1.807, 2.05) is 0 Å². The molecule has 0 bridgehead atoms. The molecule has 0 N–H and O–H groups in total. The zero-order valence-corrected chi connectivity index (χ0v) is 7.00. The highest BCUT2D eigenvalue weighted by molar-refractivity contribution is 5.11. The second-order valence-corrected chi connectivity index (χ2v) is 2.88. The molecule has 60 valence electrons. The van der Waals surface area contributed by atoms with Crippen LogP contribution in [-0.2, 0) is 0 Å². The van der Waals surface area contributed by atoms with Crippen molar-refractivity contribution in [2.24, 2.45) is 0 Å². The van der Waals surface area contributed by atoms with Crippen molar-refractivity contribution in [2.75, 3.05) is 0 Å². The molecule has 0 fully saturated rings. The number of hydrogen-bond donors (Lipinski definition) is 0. The van der Waals surface area contributed by atoms with Crippen LogP contribution in [0.15, 0.2) is 36.5 Å². The first-order valence-corrected chi connectivity index (χ1v) is 4.48. The summed E-state index contributed by atoms with van der Waals surface area (Å²) in [4.78, 5) is 0. The summed E-state index contributed by atoms with van der Waals surface area (Å²) in [5.74, 6) is 0. The van der Waals surface area contributed by atoms with Crippen molar-refractivity contribution >= 4 is 0 Å². The lowest BCUT2D eigenvalue weighted by Gasteiger charge is -1.93.